The summed E-state index contributed by atoms with van der Waals surface area (Å²) in [5.41, 5.74) is 0.959. The zero-order chi connectivity index (χ0) is 24.5. The number of methoxy groups -OCH3 is 2. The van der Waals surface area contributed by atoms with Crippen LogP contribution in [0.2, 0.25) is 0 Å². The Morgan fingerprint density at radius 3 is 2.56 bits per heavy atom. The number of aromatic nitrogens is 2. The molecule has 0 spiro atoms. The summed E-state index contributed by atoms with van der Waals surface area (Å²) in [7, 11) is 3.14. The smallest absolute Gasteiger partial charge is 0.266 e. The second kappa shape index (κ2) is 11.7. The Bertz CT molecular complexity index is 1180. The lowest BCUT2D eigenvalue weighted by atomic mass is 10.1. The molecule has 0 bridgehead atoms. The first-order valence-electron chi connectivity index (χ1n) is 10.9. The highest BCUT2D eigenvalue weighted by Gasteiger charge is 2.15. The van der Waals surface area contributed by atoms with Gasteiger partial charge in [-0.1, -0.05) is 6.07 Å². The summed E-state index contributed by atoms with van der Waals surface area (Å²) in [4.78, 5) is 24.8. The van der Waals surface area contributed by atoms with E-state index in [1.54, 1.807) is 63.6 Å². The third-order valence-corrected chi connectivity index (χ3v) is 4.97. The van der Waals surface area contributed by atoms with E-state index in [0.29, 0.717) is 40.9 Å². The van der Waals surface area contributed by atoms with Crippen LogP contribution in [-0.4, -0.2) is 49.2 Å². The van der Waals surface area contributed by atoms with E-state index in [9.17, 15) is 9.59 Å². The molecule has 1 unspecified atom stereocenters. The van der Waals surface area contributed by atoms with Gasteiger partial charge in [-0.2, -0.15) is 5.10 Å². The van der Waals surface area contributed by atoms with Gasteiger partial charge in [-0.15, -0.1) is 0 Å². The Morgan fingerprint density at radius 2 is 1.82 bits per heavy atom. The van der Waals surface area contributed by atoms with Crippen molar-refractivity contribution in [2.24, 2.45) is 0 Å². The average Bonchev–Trinajstić information content (AvgIpc) is 2.85. The van der Waals surface area contributed by atoms with E-state index in [1.165, 1.54) is 10.7 Å². The van der Waals surface area contributed by atoms with Gasteiger partial charge in [0.15, 0.2) is 6.10 Å². The quantitative estimate of drug-likeness (QED) is 0.463. The second-order valence-electron chi connectivity index (χ2n) is 7.31. The largest absolute Gasteiger partial charge is 0.497 e. The Hall–Kier alpha value is -4.01. The van der Waals surface area contributed by atoms with E-state index in [4.69, 9.17) is 18.9 Å². The van der Waals surface area contributed by atoms with Crippen LogP contribution in [0.5, 0.6) is 23.0 Å². The van der Waals surface area contributed by atoms with Gasteiger partial charge in [-0.3, -0.25) is 9.59 Å². The van der Waals surface area contributed by atoms with Crippen molar-refractivity contribution >= 4 is 5.91 Å². The number of nitrogens with zero attached hydrogens (tertiary/aromatic N) is 2. The molecular weight excluding hydrogens is 438 g/mol. The highest BCUT2D eigenvalue weighted by atomic mass is 16.5. The summed E-state index contributed by atoms with van der Waals surface area (Å²) >= 11 is 0. The summed E-state index contributed by atoms with van der Waals surface area (Å²) in [5, 5.41) is 7.21. The molecule has 3 rings (SSSR count). The van der Waals surface area contributed by atoms with Crippen LogP contribution in [0.4, 0.5) is 0 Å². The Kier molecular flexibility index (Phi) is 8.50. The summed E-state index contributed by atoms with van der Waals surface area (Å²) in [6.07, 6.45) is -0.728. The van der Waals surface area contributed by atoms with Crippen LogP contribution >= 0.6 is 0 Å². The third kappa shape index (κ3) is 6.28. The first kappa shape index (κ1) is 24.6. The number of benzene rings is 2. The minimum atomic E-state index is -0.728. The van der Waals surface area contributed by atoms with Gasteiger partial charge in [0.2, 0.25) is 0 Å². The molecule has 1 amide bonds. The number of hydrogen-bond acceptors (Lipinski definition) is 7. The average molecular weight is 468 g/mol. The van der Waals surface area contributed by atoms with Crippen LogP contribution in [0.25, 0.3) is 11.3 Å². The van der Waals surface area contributed by atoms with E-state index in [-0.39, 0.29) is 24.6 Å². The first-order valence-corrected chi connectivity index (χ1v) is 10.9. The molecule has 9 heteroatoms. The molecule has 0 aliphatic rings. The summed E-state index contributed by atoms with van der Waals surface area (Å²) in [6, 6.07) is 15.5. The van der Waals surface area contributed by atoms with Gasteiger partial charge < -0.3 is 24.3 Å². The molecule has 1 N–H and O–H groups in total. The van der Waals surface area contributed by atoms with Gasteiger partial charge in [0, 0.05) is 24.2 Å². The van der Waals surface area contributed by atoms with E-state index in [2.05, 4.69) is 10.4 Å². The fourth-order valence-corrected chi connectivity index (χ4v) is 3.26. The van der Waals surface area contributed by atoms with Gasteiger partial charge in [0.05, 0.1) is 33.1 Å². The lowest BCUT2D eigenvalue weighted by molar-refractivity contribution is -0.127. The van der Waals surface area contributed by atoms with Gasteiger partial charge in [-0.05, 0) is 50.2 Å². The van der Waals surface area contributed by atoms with Gasteiger partial charge in [-0.25, -0.2) is 4.68 Å². The molecule has 0 aliphatic carbocycles. The van der Waals surface area contributed by atoms with Crippen LogP contribution in [0, 0.1) is 0 Å². The molecule has 0 radical (unpaired) electrons. The van der Waals surface area contributed by atoms with Crippen LogP contribution in [0.1, 0.15) is 13.8 Å². The van der Waals surface area contributed by atoms with E-state index >= 15 is 0 Å². The fourth-order valence-electron chi connectivity index (χ4n) is 3.26. The maximum Gasteiger partial charge on any atom is 0.266 e. The zero-order valence-electron chi connectivity index (χ0n) is 19.7. The van der Waals surface area contributed by atoms with E-state index in [0.717, 1.165) is 0 Å². The zero-order valence-corrected chi connectivity index (χ0v) is 19.7. The molecule has 1 aromatic heterocycles. The molecule has 1 atom stereocenters. The fraction of sp³-hybridized carbons (Fsp3) is 0.320. The number of rotatable bonds is 11. The van der Waals surface area contributed by atoms with Crippen molar-refractivity contribution in [3.05, 3.63) is 65.0 Å². The molecule has 34 heavy (non-hydrogen) atoms. The lowest BCUT2D eigenvalue weighted by Gasteiger charge is -2.16. The normalized spacial score (nSPS) is 11.4. The standard InChI is InChI=1S/C25H29N3O6/c1-5-33-19-7-6-8-20(15-19)34-17(2)25(30)26-13-14-28-24(29)12-10-22(27-28)21-16-18(31-3)9-11-23(21)32-4/h6-12,15-17H,5,13-14H2,1-4H3,(H,26,30). The van der Waals surface area contributed by atoms with Crippen molar-refractivity contribution in [3.8, 4) is 34.3 Å². The molecule has 0 fully saturated rings. The predicted molar refractivity (Wildman–Crippen MR) is 128 cm³/mol. The summed E-state index contributed by atoms with van der Waals surface area (Å²) < 4.78 is 23.2. The SMILES string of the molecule is CCOc1cccc(OC(C)C(=O)NCCn2nc(-c3cc(OC)ccc3OC)ccc2=O)c1. The third-order valence-electron chi connectivity index (χ3n) is 4.97. The minimum Gasteiger partial charge on any atom is -0.497 e. The Morgan fingerprint density at radius 1 is 1.03 bits per heavy atom. The molecule has 180 valence electrons. The van der Waals surface area contributed by atoms with Crippen molar-refractivity contribution in [2.45, 2.75) is 26.5 Å². The topological polar surface area (TPSA) is 101 Å². The molecule has 3 aromatic rings. The summed E-state index contributed by atoms with van der Waals surface area (Å²) in [6.45, 7) is 4.49. The van der Waals surface area contributed by atoms with Crippen molar-refractivity contribution < 1.29 is 23.7 Å². The number of ether oxygens (including phenoxy) is 4. The van der Waals surface area contributed by atoms with Crippen molar-refractivity contribution in [1.29, 1.82) is 0 Å². The van der Waals surface area contributed by atoms with Crippen molar-refractivity contribution in [1.82, 2.24) is 15.1 Å². The number of amides is 1. The number of carbonyl (C=O) groups excluding carboxylic acids is 1. The molecule has 1 heterocycles. The highest BCUT2D eigenvalue weighted by molar-refractivity contribution is 5.80. The maximum absolute atomic E-state index is 12.5. The number of hydrogen-bond donors (Lipinski definition) is 1. The Labute approximate surface area is 198 Å². The first-order chi connectivity index (χ1) is 16.4. The minimum absolute atomic E-state index is 0.192. The molecule has 9 nitrogen and oxygen atoms in total. The van der Waals surface area contributed by atoms with Crippen LogP contribution in [-0.2, 0) is 11.3 Å². The number of carbonyl (C=O) groups is 1. The second-order valence-corrected chi connectivity index (χ2v) is 7.31. The molecule has 0 aliphatic heterocycles. The van der Waals surface area contributed by atoms with Gasteiger partial charge in [0.25, 0.3) is 11.5 Å². The van der Waals surface area contributed by atoms with Crippen molar-refractivity contribution in [2.75, 3.05) is 27.4 Å². The molecule has 0 saturated heterocycles. The molecular formula is C25H29N3O6. The monoisotopic (exact) mass is 467 g/mol. The van der Waals surface area contributed by atoms with Gasteiger partial charge in [0.1, 0.15) is 23.0 Å². The van der Waals surface area contributed by atoms with Crippen molar-refractivity contribution in [3.63, 3.8) is 0 Å². The molecule has 0 saturated carbocycles. The lowest BCUT2D eigenvalue weighted by Crippen LogP contribution is -2.39. The van der Waals surface area contributed by atoms with Crippen LogP contribution < -0.4 is 29.8 Å². The maximum atomic E-state index is 12.5. The van der Waals surface area contributed by atoms with E-state index < -0.39 is 6.10 Å². The van der Waals surface area contributed by atoms with Gasteiger partial charge >= 0.3 is 0 Å². The Balaban J connectivity index is 1.63. The highest BCUT2D eigenvalue weighted by Crippen LogP contribution is 2.31. The molecule has 2 aromatic carbocycles. The predicted octanol–water partition coefficient (Wildman–Crippen LogP) is 2.91. The van der Waals surface area contributed by atoms with E-state index in [1.807, 2.05) is 13.0 Å². The number of nitrogens with one attached hydrogen (secondary N) is 1. The van der Waals surface area contributed by atoms with Crippen LogP contribution in [0.3, 0.4) is 0 Å². The van der Waals surface area contributed by atoms with Crippen LogP contribution in [0.15, 0.2) is 59.4 Å². The summed E-state index contributed by atoms with van der Waals surface area (Å²) in [5.74, 6) is 2.15.